The van der Waals surface area contributed by atoms with Crippen LogP contribution < -0.4 is 11.1 Å². The summed E-state index contributed by atoms with van der Waals surface area (Å²) in [5.41, 5.74) is 7.77. The second-order valence-electron chi connectivity index (χ2n) is 5.13. The number of carbonyl (C=O) groups excluding carboxylic acids is 1. The first-order valence-electron chi connectivity index (χ1n) is 6.60. The van der Waals surface area contributed by atoms with Crippen molar-refractivity contribution in [2.45, 2.75) is 25.7 Å². The van der Waals surface area contributed by atoms with Gasteiger partial charge in [0, 0.05) is 13.0 Å². The Morgan fingerprint density at radius 2 is 2.19 bits per heavy atom. The number of aromatic nitrogens is 4. The minimum absolute atomic E-state index is 0.0349. The van der Waals surface area contributed by atoms with Crippen molar-refractivity contribution in [3.05, 3.63) is 28.4 Å². The first-order valence-corrected chi connectivity index (χ1v) is 6.98. The van der Waals surface area contributed by atoms with Gasteiger partial charge < -0.3 is 11.1 Å². The van der Waals surface area contributed by atoms with Gasteiger partial charge in [0.25, 0.3) is 5.91 Å². The lowest BCUT2D eigenvalue weighted by atomic mass is 10.2. The van der Waals surface area contributed by atoms with E-state index in [0.717, 1.165) is 24.2 Å². The van der Waals surface area contributed by atoms with E-state index < -0.39 is 5.91 Å². The number of nitrogens with one attached hydrogen (secondary N) is 1. The largest absolute Gasteiger partial charge is 0.364 e. The van der Waals surface area contributed by atoms with Crippen LogP contribution in [0.5, 0.6) is 0 Å². The Morgan fingerprint density at radius 3 is 2.71 bits per heavy atom. The fourth-order valence-electron chi connectivity index (χ4n) is 2.05. The third-order valence-electron chi connectivity index (χ3n) is 3.56. The number of carbonyl (C=O) groups is 1. The molecule has 0 unspecified atom stereocenters. The standard InChI is InChI=1S/C13H15ClN6O/c1-6-8(5-16-20(6)2)17-13-10(12(15)21)18-11(14)9(19-13)7-3-4-7/h5,7H,3-4H2,1-2H3,(H2,15,21)(H,17,19). The third-order valence-corrected chi connectivity index (χ3v) is 3.84. The fraction of sp³-hybridized carbons (Fsp3) is 0.385. The fourth-order valence-corrected chi connectivity index (χ4v) is 2.33. The van der Waals surface area contributed by atoms with Crippen LogP contribution in [0.3, 0.4) is 0 Å². The zero-order valence-electron chi connectivity index (χ0n) is 11.7. The molecule has 1 saturated carbocycles. The van der Waals surface area contributed by atoms with Gasteiger partial charge >= 0.3 is 0 Å². The number of aryl methyl sites for hydroxylation is 1. The molecule has 1 aliphatic rings. The number of hydrogen-bond acceptors (Lipinski definition) is 5. The van der Waals surface area contributed by atoms with Crippen molar-refractivity contribution in [2.75, 3.05) is 5.32 Å². The SMILES string of the molecule is Cc1c(Nc2nc(C3CC3)c(Cl)nc2C(N)=O)cnn1C. The molecule has 1 amide bonds. The summed E-state index contributed by atoms with van der Waals surface area (Å²) in [6.07, 6.45) is 3.73. The average molecular weight is 307 g/mol. The van der Waals surface area contributed by atoms with Gasteiger partial charge in [-0.05, 0) is 19.8 Å². The molecule has 3 N–H and O–H groups in total. The molecule has 0 bridgehead atoms. The maximum absolute atomic E-state index is 11.6. The highest BCUT2D eigenvalue weighted by Gasteiger charge is 2.30. The zero-order chi connectivity index (χ0) is 15.1. The Morgan fingerprint density at radius 1 is 1.48 bits per heavy atom. The van der Waals surface area contributed by atoms with Crippen LogP contribution in [-0.4, -0.2) is 25.7 Å². The predicted molar refractivity (Wildman–Crippen MR) is 78.8 cm³/mol. The second-order valence-corrected chi connectivity index (χ2v) is 5.49. The molecule has 0 radical (unpaired) electrons. The third kappa shape index (κ3) is 2.56. The minimum Gasteiger partial charge on any atom is -0.364 e. The van der Waals surface area contributed by atoms with Gasteiger partial charge in [0.05, 0.1) is 23.3 Å². The molecule has 110 valence electrons. The molecular formula is C13H15ClN6O. The van der Waals surface area contributed by atoms with Gasteiger partial charge in [-0.1, -0.05) is 11.6 Å². The molecule has 2 heterocycles. The van der Waals surface area contributed by atoms with Crippen molar-refractivity contribution in [3.63, 3.8) is 0 Å². The van der Waals surface area contributed by atoms with E-state index in [1.165, 1.54) is 0 Å². The quantitative estimate of drug-likeness (QED) is 0.898. The first-order chi connectivity index (χ1) is 9.97. The molecule has 2 aromatic heterocycles. The highest BCUT2D eigenvalue weighted by Crippen LogP contribution is 2.42. The normalized spacial score (nSPS) is 14.2. The summed E-state index contributed by atoms with van der Waals surface area (Å²) in [7, 11) is 1.83. The number of primary amides is 1. The van der Waals surface area contributed by atoms with Crippen LogP contribution in [0, 0.1) is 6.92 Å². The van der Waals surface area contributed by atoms with Crippen LogP contribution in [0.15, 0.2) is 6.20 Å². The summed E-state index contributed by atoms with van der Waals surface area (Å²) in [4.78, 5) is 20.1. The number of nitrogens with zero attached hydrogens (tertiary/aromatic N) is 4. The molecule has 1 aliphatic carbocycles. The van der Waals surface area contributed by atoms with Gasteiger partial charge in [0.1, 0.15) is 0 Å². The molecule has 21 heavy (non-hydrogen) atoms. The lowest BCUT2D eigenvalue weighted by Crippen LogP contribution is -2.17. The Hall–Kier alpha value is -2.15. The molecule has 2 aromatic rings. The van der Waals surface area contributed by atoms with Crippen molar-refractivity contribution in [1.82, 2.24) is 19.7 Å². The molecule has 3 rings (SSSR count). The highest BCUT2D eigenvalue weighted by molar-refractivity contribution is 6.30. The van der Waals surface area contributed by atoms with Gasteiger partial charge in [0.15, 0.2) is 16.7 Å². The molecule has 0 aliphatic heterocycles. The molecule has 0 saturated heterocycles. The summed E-state index contributed by atoms with van der Waals surface area (Å²) in [6.45, 7) is 1.91. The summed E-state index contributed by atoms with van der Waals surface area (Å²) in [5, 5.41) is 7.46. The molecule has 0 spiro atoms. The van der Waals surface area contributed by atoms with E-state index >= 15 is 0 Å². The maximum Gasteiger partial charge on any atom is 0.271 e. The van der Waals surface area contributed by atoms with Crippen LogP contribution >= 0.6 is 11.6 Å². The minimum atomic E-state index is -0.671. The first kappa shape index (κ1) is 13.8. The van der Waals surface area contributed by atoms with E-state index in [2.05, 4.69) is 20.4 Å². The summed E-state index contributed by atoms with van der Waals surface area (Å²) >= 11 is 6.09. The Labute approximate surface area is 126 Å². The van der Waals surface area contributed by atoms with Crippen LogP contribution in [0.25, 0.3) is 0 Å². The molecular weight excluding hydrogens is 292 g/mol. The second kappa shape index (κ2) is 5.00. The van der Waals surface area contributed by atoms with Crippen molar-refractivity contribution in [3.8, 4) is 0 Å². The van der Waals surface area contributed by atoms with E-state index in [-0.39, 0.29) is 10.8 Å². The van der Waals surface area contributed by atoms with Crippen LogP contribution in [-0.2, 0) is 7.05 Å². The molecule has 8 heteroatoms. The highest BCUT2D eigenvalue weighted by atomic mass is 35.5. The van der Waals surface area contributed by atoms with E-state index in [1.807, 2.05) is 14.0 Å². The van der Waals surface area contributed by atoms with Crippen molar-refractivity contribution in [2.24, 2.45) is 12.8 Å². The van der Waals surface area contributed by atoms with Crippen molar-refractivity contribution >= 4 is 29.0 Å². The van der Waals surface area contributed by atoms with Crippen molar-refractivity contribution in [1.29, 1.82) is 0 Å². The topological polar surface area (TPSA) is 98.7 Å². The Balaban J connectivity index is 2.04. The average Bonchev–Trinajstić information content (AvgIpc) is 3.23. The van der Waals surface area contributed by atoms with Gasteiger partial charge in [0.2, 0.25) is 0 Å². The number of amides is 1. The number of nitrogens with two attached hydrogens (primary N) is 1. The molecule has 0 atom stereocenters. The summed E-state index contributed by atoms with van der Waals surface area (Å²) < 4.78 is 1.72. The summed E-state index contributed by atoms with van der Waals surface area (Å²) in [6, 6.07) is 0. The number of halogens is 1. The van der Waals surface area contributed by atoms with Crippen molar-refractivity contribution < 1.29 is 4.79 Å². The van der Waals surface area contributed by atoms with E-state index in [0.29, 0.717) is 17.4 Å². The van der Waals surface area contributed by atoms with Gasteiger partial charge in [-0.15, -0.1) is 0 Å². The zero-order valence-corrected chi connectivity index (χ0v) is 12.5. The lowest BCUT2D eigenvalue weighted by Gasteiger charge is -2.11. The number of rotatable bonds is 4. The van der Waals surface area contributed by atoms with E-state index in [9.17, 15) is 4.79 Å². The van der Waals surface area contributed by atoms with E-state index in [4.69, 9.17) is 17.3 Å². The molecule has 1 fully saturated rings. The van der Waals surface area contributed by atoms with Gasteiger partial charge in [-0.2, -0.15) is 5.10 Å². The molecule has 7 nitrogen and oxygen atoms in total. The number of anilines is 2. The Kier molecular flexibility index (Phi) is 3.29. The van der Waals surface area contributed by atoms with Gasteiger partial charge in [-0.25, -0.2) is 9.97 Å². The smallest absolute Gasteiger partial charge is 0.271 e. The number of hydrogen-bond donors (Lipinski definition) is 2. The molecule has 0 aromatic carbocycles. The lowest BCUT2D eigenvalue weighted by molar-refractivity contribution is 0.0996. The summed E-state index contributed by atoms with van der Waals surface area (Å²) in [5.74, 6) is -0.0248. The van der Waals surface area contributed by atoms with E-state index in [1.54, 1.807) is 10.9 Å². The van der Waals surface area contributed by atoms with Crippen LogP contribution in [0.2, 0.25) is 5.15 Å². The monoisotopic (exact) mass is 306 g/mol. The predicted octanol–water partition coefficient (Wildman–Crippen LogP) is 1.89. The van der Waals surface area contributed by atoms with Crippen LogP contribution in [0.4, 0.5) is 11.5 Å². The van der Waals surface area contributed by atoms with Crippen LogP contribution in [0.1, 0.15) is 40.6 Å². The maximum atomic E-state index is 11.6. The Bertz CT molecular complexity index is 722. The van der Waals surface area contributed by atoms with Gasteiger partial charge in [-0.3, -0.25) is 9.48 Å².